The van der Waals surface area contributed by atoms with Gasteiger partial charge < -0.3 is 5.32 Å². The van der Waals surface area contributed by atoms with Crippen molar-refractivity contribution in [1.82, 2.24) is 14.3 Å². The van der Waals surface area contributed by atoms with E-state index in [1.165, 1.54) is 0 Å². The van der Waals surface area contributed by atoms with Crippen LogP contribution < -0.4 is 5.32 Å². The molecule has 3 aromatic rings. The van der Waals surface area contributed by atoms with E-state index >= 15 is 0 Å². The fourth-order valence-corrected chi connectivity index (χ4v) is 5.04. The van der Waals surface area contributed by atoms with E-state index in [4.69, 9.17) is 0 Å². The predicted molar refractivity (Wildman–Crippen MR) is 119 cm³/mol. The third-order valence-electron chi connectivity index (χ3n) is 5.58. The molecule has 0 amide bonds. The first-order chi connectivity index (χ1) is 14.0. The van der Waals surface area contributed by atoms with Crippen LogP contribution in [0.5, 0.6) is 0 Å². The fourth-order valence-electron chi connectivity index (χ4n) is 3.90. The number of benzene rings is 1. The van der Waals surface area contributed by atoms with Gasteiger partial charge in [-0.15, -0.1) is 0 Å². The lowest BCUT2D eigenvalue weighted by Crippen LogP contribution is -2.45. The number of hydrogen-bond acceptors (Lipinski definition) is 4. The Labute approximate surface area is 172 Å². The quantitative estimate of drug-likeness (QED) is 0.609. The summed E-state index contributed by atoms with van der Waals surface area (Å²) in [6.07, 6.45) is 7.21. The van der Waals surface area contributed by atoms with E-state index in [2.05, 4.69) is 33.5 Å². The maximum atomic E-state index is 12.2. The molecule has 1 aliphatic heterocycles. The Morgan fingerprint density at radius 3 is 2.69 bits per heavy atom. The lowest BCUT2D eigenvalue weighted by atomic mass is 9.99. The van der Waals surface area contributed by atoms with E-state index in [0.29, 0.717) is 13.1 Å². The van der Waals surface area contributed by atoms with Gasteiger partial charge in [-0.1, -0.05) is 4.31 Å². The monoisotopic (exact) mass is 411 g/mol. The molecule has 4 rings (SSSR count). The summed E-state index contributed by atoms with van der Waals surface area (Å²) in [4.78, 5) is 8.61. The molecule has 1 fully saturated rings. The van der Waals surface area contributed by atoms with Gasteiger partial charge in [-0.2, -0.15) is 4.55 Å². The first-order valence-corrected chi connectivity index (χ1v) is 11.7. The number of nitrogens with zero attached hydrogens (tertiary/aromatic N) is 3. The number of rotatable bonds is 5. The highest BCUT2D eigenvalue weighted by molar-refractivity contribution is 7.95. The molecule has 1 saturated heterocycles. The summed E-state index contributed by atoms with van der Waals surface area (Å²) in [5.41, 5.74) is 4.32. The van der Waals surface area contributed by atoms with Gasteiger partial charge in [-0.05, 0) is 77.7 Å². The van der Waals surface area contributed by atoms with Crippen molar-refractivity contribution in [2.24, 2.45) is 0 Å². The maximum Gasteiger partial charge on any atom is 0.290 e. The number of fused-ring (bicyclic) bond motifs is 1. The second kappa shape index (κ2) is 8.18. The molecular weight excluding hydrogens is 384 g/mol. The molecule has 0 aliphatic carbocycles. The molecule has 2 aromatic heterocycles. The highest BCUT2D eigenvalue weighted by Crippen LogP contribution is 2.32. The molecule has 0 saturated carbocycles. The van der Waals surface area contributed by atoms with Gasteiger partial charge in [0, 0.05) is 54.5 Å². The summed E-state index contributed by atoms with van der Waals surface area (Å²) in [7, 11) is -2.86. The van der Waals surface area contributed by atoms with Crippen LogP contribution in [0.15, 0.2) is 48.9 Å². The Morgan fingerprint density at radius 1 is 1.17 bits per heavy atom. The van der Waals surface area contributed by atoms with Crippen LogP contribution in [-0.2, 0) is 14.6 Å². The van der Waals surface area contributed by atoms with Gasteiger partial charge in [0.1, 0.15) is 0 Å². The Bertz CT molecular complexity index is 1060. The number of anilines is 1. The van der Waals surface area contributed by atoms with Crippen molar-refractivity contribution >= 4 is 26.9 Å². The molecule has 2 N–H and O–H groups in total. The topological polar surface area (TPSA) is 78.4 Å². The SMILES string of the molecule is CC[S+](=O)(O)N1CCC(Nc2cc(-c3ccnc(C)c3)cc3ccncc23)CC1. The number of aromatic nitrogens is 2. The third kappa shape index (κ3) is 4.32. The van der Waals surface area contributed by atoms with Crippen LogP contribution in [0.2, 0.25) is 0 Å². The lowest BCUT2D eigenvalue weighted by Gasteiger charge is -2.30. The van der Waals surface area contributed by atoms with Gasteiger partial charge in [0.15, 0.2) is 5.75 Å². The van der Waals surface area contributed by atoms with Crippen LogP contribution in [0.3, 0.4) is 0 Å². The zero-order valence-electron chi connectivity index (χ0n) is 16.8. The number of hydrogen-bond donors (Lipinski definition) is 2. The Balaban J connectivity index is 1.61. The van der Waals surface area contributed by atoms with Crippen molar-refractivity contribution in [3.8, 4) is 11.1 Å². The molecule has 7 heteroatoms. The van der Waals surface area contributed by atoms with Crippen LogP contribution >= 0.6 is 0 Å². The zero-order chi connectivity index (χ0) is 20.4. The van der Waals surface area contributed by atoms with E-state index in [9.17, 15) is 8.76 Å². The molecule has 0 bridgehead atoms. The number of aryl methyl sites for hydroxylation is 1. The summed E-state index contributed by atoms with van der Waals surface area (Å²) in [5, 5.41) is 5.90. The molecule has 1 unspecified atom stereocenters. The number of pyridine rings is 2. The third-order valence-corrected chi connectivity index (χ3v) is 7.50. The molecule has 0 radical (unpaired) electrons. The van der Waals surface area contributed by atoms with Crippen LogP contribution in [0.4, 0.5) is 5.69 Å². The van der Waals surface area contributed by atoms with Crippen molar-refractivity contribution in [2.45, 2.75) is 32.7 Å². The maximum absolute atomic E-state index is 12.2. The van der Waals surface area contributed by atoms with Gasteiger partial charge in [-0.25, -0.2) is 0 Å². The molecular formula is C22H27N4O2S+. The summed E-state index contributed by atoms with van der Waals surface area (Å²) < 4.78 is 24.0. The minimum atomic E-state index is -2.86. The van der Waals surface area contributed by atoms with Crippen molar-refractivity contribution < 1.29 is 8.76 Å². The lowest BCUT2D eigenvalue weighted by molar-refractivity contribution is 0.305. The Hall–Kier alpha value is -2.35. The fraction of sp³-hybridized carbons (Fsp3) is 0.364. The molecule has 6 nitrogen and oxygen atoms in total. The Kier molecular flexibility index (Phi) is 5.63. The molecule has 0 spiro atoms. The molecule has 1 atom stereocenters. The Morgan fingerprint density at radius 2 is 1.97 bits per heavy atom. The number of piperidine rings is 1. The van der Waals surface area contributed by atoms with Gasteiger partial charge >= 0.3 is 0 Å². The van der Waals surface area contributed by atoms with Crippen LogP contribution in [-0.4, -0.2) is 43.7 Å². The minimum Gasteiger partial charge on any atom is -0.382 e. The highest BCUT2D eigenvalue weighted by Gasteiger charge is 2.36. The highest BCUT2D eigenvalue weighted by atomic mass is 32.3. The van der Waals surface area contributed by atoms with E-state index in [1.807, 2.05) is 37.6 Å². The van der Waals surface area contributed by atoms with E-state index in [0.717, 1.165) is 46.1 Å². The second-order valence-electron chi connectivity index (χ2n) is 7.55. The van der Waals surface area contributed by atoms with Crippen molar-refractivity contribution in [3.63, 3.8) is 0 Å². The molecule has 29 heavy (non-hydrogen) atoms. The van der Waals surface area contributed by atoms with Crippen LogP contribution in [0.1, 0.15) is 25.5 Å². The smallest absolute Gasteiger partial charge is 0.290 e. The van der Waals surface area contributed by atoms with Crippen molar-refractivity contribution in [2.75, 3.05) is 24.2 Å². The molecule has 152 valence electrons. The van der Waals surface area contributed by atoms with Crippen molar-refractivity contribution in [3.05, 3.63) is 54.6 Å². The normalized spacial score (nSPS) is 17.9. The van der Waals surface area contributed by atoms with Crippen LogP contribution in [0.25, 0.3) is 21.9 Å². The molecule has 1 aliphatic rings. The molecule has 1 aromatic carbocycles. The standard InChI is InChI=1S/C22H26N4O2S/c1-3-29(27,28)26-10-6-20(7-11-26)25-22-14-19(17-5-9-24-16(2)12-17)13-18-4-8-23-15-21(18)22/h4-5,8-9,12-15,20,25H,3,6-7,10-11H2,1-2H3/p+1. The number of nitrogens with one attached hydrogen (secondary N) is 1. The second-order valence-corrected chi connectivity index (χ2v) is 9.86. The van der Waals surface area contributed by atoms with Crippen LogP contribution in [0, 0.1) is 6.92 Å². The summed E-state index contributed by atoms with van der Waals surface area (Å²) in [6.45, 7) is 5.01. The summed E-state index contributed by atoms with van der Waals surface area (Å²) in [6, 6.07) is 10.8. The first kappa shape index (κ1) is 19.9. The predicted octanol–water partition coefficient (Wildman–Crippen LogP) is 4.39. The van der Waals surface area contributed by atoms with E-state index in [-0.39, 0.29) is 11.8 Å². The van der Waals surface area contributed by atoms with E-state index in [1.54, 1.807) is 11.2 Å². The van der Waals surface area contributed by atoms with Crippen molar-refractivity contribution in [1.29, 1.82) is 0 Å². The van der Waals surface area contributed by atoms with Gasteiger partial charge in [0.25, 0.3) is 10.4 Å². The van der Waals surface area contributed by atoms with Gasteiger partial charge in [-0.3, -0.25) is 9.97 Å². The first-order valence-electron chi connectivity index (χ1n) is 10.0. The van der Waals surface area contributed by atoms with Gasteiger partial charge in [0.2, 0.25) is 0 Å². The van der Waals surface area contributed by atoms with E-state index < -0.39 is 10.4 Å². The average Bonchev–Trinajstić information content (AvgIpc) is 2.74. The minimum absolute atomic E-state index is 0.260. The molecule has 3 heterocycles. The average molecular weight is 412 g/mol. The zero-order valence-corrected chi connectivity index (χ0v) is 17.7. The largest absolute Gasteiger partial charge is 0.382 e. The summed E-state index contributed by atoms with van der Waals surface area (Å²) >= 11 is 0. The summed E-state index contributed by atoms with van der Waals surface area (Å²) in [5.74, 6) is 0.273. The van der Waals surface area contributed by atoms with Gasteiger partial charge in [0.05, 0.1) is 0 Å².